The van der Waals surface area contributed by atoms with E-state index in [0.717, 1.165) is 6.21 Å². The zero-order valence-corrected chi connectivity index (χ0v) is 11.5. The van der Waals surface area contributed by atoms with Gasteiger partial charge >= 0.3 is 0 Å². The van der Waals surface area contributed by atoms with Gasteiger partial charge in [0.25, 0.3) is 0 Å². The van der Waals surface area contributed by atoms with Crippen LogP contribution in [0, 0.1) is 29.1 Å². The van der Waals surface area contributed by atoms with E-state index in [-0.39, 0.29) is 11.3 Å². The van der Waals surface area contributed by atoms with Crippen LogP contribution in [-0.2, 0) is 0 Å². The van der Waals surface area contributed by atoms with Crippen LogP contribution in [0.3, 0.4) is 0 Å². The highest BCUT2D eigenvalue weighted by atomic mass is 19.2. The highest BCUT2D eigenvalue weighted by molar-refractivity contribution is 5.84. The average molecular weight is 332 g/mol. The molecule has 23 heavy (non-hydrogen) atoms. The standard InChI is InChI=1S/C14H9F5N2O2/c1-23-7-2-3-8(22)6(4-7)5-20-21-14-12(18)10(16)9(15)11(17)13(14)19/h2-5,21-22H,1H3/b20-5+. The number of benzene rings is 2. The van der Waals surface area contributed by atoms with Gasteiger partial charge in [0.05, 0.1) is 13.3 Å². The molecule has 2 N–H and O–H groups in total. The van der Waals surface area contributed by atoms with Crippen molar-refractivity contribution in [1.29, 1.82) is 0 Å². The predicted molar refractivity (Wildman–Crippen MR) is 72.1 cm³/mol. The molecule has 0 spiro atoms. The van der Waals surface area contributed by atoms with E-state index in [1.807, 2.05) is 0 Å². The van der Waals surface area contributed by atoms with Crippen LogP contribution in [-0.4, -0.2) is 18.4 Å². The van der Waals surface area contributed by atoms with E-state index in [2.05, 4.69) is 5.10 Å². The third-order valence-electron chi connectivity index (χ3n) is 2.82. The number of phenolic OH excluding ortho intramolecular Hbond substituents is 1. The normalized spacial score (nSPS) is 11.0. The molecule has 0 atom stereocenters. The molecule has 0 aliphatic heterocycles. The lowest BCUT2D eigenvalue weighted by Gasteiger charge is -2.07. The number of halogens is 5. The molecule has 9 heteroatoms. The van der Waals surface area contributed by atoms with Gasteiger partial charge in [-0.3, -0.25) is 5.43 Å². The molecule has 0 fully saturated rings. The van der Waals surface area contributed by atoms with Crippen LogP contribution in [0.4, 0.5) is 27.6 Å². The number of anilines is 1. The summed E-state index contributed by atoms with van der Waals surface area (Å²) in [6.07, 6.45) is 0.926. The third-order valence-corrected chi connectivity index (χ3v) is 2.82. The summed E-state index contributed by atoms with van der Waals surface area (Å²) in [7, 11) is 1.38. The largest absolute Gasteiger partial charge is 0.507 e. The second-order valence-corrected chi connectivity index (χ2v) is 4.24. The van der Waals surface area contributed by atoms with Crippen LogP contribution in [0.2, 0.25) is 0 Å². The molecule has 0 saturated carbocycles. The van der Waals surface area contributed by atoms with Crippen LogP contribution in [0.25, 0.3) is 0 Å². The van der Waals surface area contributed by atoms with Gasteiger partial charge in [-0.2, -0.15) is 5.10 Å². The van der Waals surface area contributed by atoms with E-state index >= 15 is 0 Å². The summed E-state index contributed by atoms with van der Waals surface area (Å²) >= 11 is 0. The molecule has 0 bridgehead atoms. The zero-order valence-electron chi connectivity index (χ0n) is 11.5. The Kier molecular flexibility index (Phi) is 4.68. The van der Waals surface area contributed by atoms with Gasteiger partial charge in [0.1, 0.15) is 17.2 Å². The summed E-state index contributed by atoms with van der Waals surface area (Å²) in [6, 6.07) is 4.07. The van der Waals surface area contributed by atoms with Crippen molar-refractivity contribution < 1.29 is 31.8 Å². The Morgan fingerprint density at radius 1 is 1.00 bits per heavy atom. The van der Waals surface area contributed by atoms with Gasteiger partial charge in [-0.05, 0) is 18.2 Å². The maximum absolute atomic E-state index is 13.4. The number of hydrazone groups is 1. The van der Waals surface area contributed by atoms with E-state index < -0.39 is 34.8 Å². The molecule has 0 aromatic heterocycles. The third kappa shape index (κ3) is 3.17. The number of phenols is 1. The second kappa shape index (κ2) is 6.51. The smallest absolute Gasteiger partial charge is 0.200 e. The number of ether oxygens (including phenoxy) is 1. The van der Waals surface area contributed by atoms with E-state index in [9.17, 15) is 27.1 Å². The van der Waals surface area contributed by atoms with Crippen LogP contribution in [0.1, 0.15) is 5.56 Å². The molecule has 0 aliphatic rings. The van der Waals surface area contributed by atoms with E-state index in [0.29, 0.717) is 5.75 Å². The van der Waals surface area contributed by atoms with Gasteiger partial charge in [-0.15, -0.1) is 0 Å². The summed E-state index contributed by atoms with van der Waals surface area (Å²) < 4.78 is 70.6. The Labute approximate surface area is 126 Å². The molecule has 2 rings (SSSR count). The molecular weight excluding hydrogens is 323 g/mol. The van der Waals surface area contributed by atoms with Crippen molar-refractivity contribution in [3.8, 4) is 11.5 Å². The van der Waals surface area contributed by atoms with Crippen LogP contribution in [0.5, 0.6) is 11.5 Å². The van der Waals surface area contributed by atoms with Crippen molar-refractivity contribution in [3.05, 3.63) is 52.8 Å². The van der Waals surface area contributed by atoms with Crippen molar-refractivity contribution in [2.75, 3.05) is 12.5 Å². The van der Waals surface area contributed by atoms with Crippen LogP contribution < -0.4 is 10.2 Å². The van der Waals surface area contributed by atoms with Gasteiger partial charge < -0.3 is 9.84 Å². The molecule has 2 aromatic carbocycles. The second-order valence-electron chi connectivity index (χ2n) is 4.24. The van der Waals surface area contributed by atoms with Gasteiger partial charge in [0.15, 0.2) is 23.3 Å². The lowest BCUT2D eigenvalue weighted by atomic mass is 10.2. The molecule has 2 aromatic rings. The van der Waals surface area contributed by atoms with Crippen molar-refractivity contribution in [3.63, 3.8) is 0 Å². The van der Waals surface area contributed by atoms with Gasteiger partial charge in [0, 0.05) is 5.56 Å². The maximum atomic E-state index is 13.4. The number of methoxy groups -OCH3 is 1. The Morgan fingerprint density at radius 3 is 2.13 bits per heavy atom. The lowest BCUT2D eigenvalue weighted by molar-refractivity contribution is 0.381. The summed E-state index contributed by atoms with van der Waals surface area (Å²) in [4.78, 5) is 0. The fraction of sp³-hybridized carbons (Fsp3) is 0.0714. The molecule has 122 valence electrons. The molecule has 0 saturated heterocycles. The van der Waals surface area contributed by atoms with Crippen molar-refractivity contribution >= 4 is 11.9 Å². The summed E-state index contributed by atoms with van der Waals surface area (Å²) in [6.45, 7) is 0. The Balaban J connectivity index is 2.32. The first-order chi connectivity index (χ1) is 10.9. The quantitative estimate of drug-likeness (QED) is 0.296. The first kappa shape index (κ1) is 16.5. The minimum atomic E-state index is -2.26. The van der Waals surface area contributed by atoms with Gasteiger partial charge in [0.2, 0.25) is 5.82 Å². The topological polar surface area (TPSA) is 53.9 Å². The summed E-state index contributed by atoms with van der Waals surface area (Å²) in [5, 5.41) is 12.9. The first-order valence-corrected chi connectivity index (χ1v) is 6.04. The number of nitrogens with one attached hydrogen (secondary N) is 1. The molecule has 0 amide bonds. The number of nitrogens with zero attached hydrogens (tertiary/aromatic N) is 1. The fourth-order valence-electron chi connectivity index (χ4n) is 1.63. The lowest BCUT2D eigenvalue weighted by Crippen LogP contribution is -2.06. The Hall–Kier alpha value is -2.84. The maximum Gasteiger partial charge on any atom is 0.200 e. The number of hydrogen-bond acceptors (Lipinski definition) is 4. The van der Waals surface area contributed by atoms with Crippen LogP contribution in [0.15, 0.2) is 23.3 Å². The number of rotatable bonds is 4. The van der Waals surface area contributed by atoms with E-state index in [4.69, 9.17) is 4.74 Å². The molecular formula is C14H9F5N2O2. The van der Waals surface area contributed by atoms with Crippen molar-refractivity contribution in [2.24, 2.45) is 5.10 Å². The first-order valence-electron chi connectivity index (χ1n) is 6.04. The SMILES string of the molecule is COc1ccc(O)c(/C=N/Nc2c(F)c(F)c(F)c(F)c2F)c1. The highest BCUT2D eigenvalue weighted by Crippen LogP contribution is 2.27. The van der Waals surface area contributed by atoms with Crippen LogP contribution >= 0.6 is 0 Å². The average Bonchev–Trinajstić information content (AvgIpc) is 2.55. The van der Waals surface area contributed by atoms with E-state index in [1.54, 1.807) is 5.43 Å². The monoisotopic (exact) mass is 332 g/mol. The summed E-state index contributed by atoms with van der Waals surface area (Å²) in [5.41, 5.74) is 0.517. The molecule has 0 heterocycles. The van der Waals surface area contributed by atoms with E-state index in [1.165, 1.54) is 25.3 Å². The number of aromatic hydroxyl groups is 1. The highest BCUT2D eigenvalue weighted by Gasteiger charge is 2.25. The molecule has 0 unspecified atom stereocenters. The minimum Gasteiger partial charge on any atom is -0.507 e. The number of hydrogen-bond donors (Lipinski definition) is 2. The molecule has 0 aliphatic carbocycles. The van der Waals surface area contributed by atoms with Crippen molar-refractivity contribution in [1.82, 2.24) is 0 Å². The predicted octanol–water partition coefficient (Wildman–Crippen LogP) is 3.54. The van der Waals surface area contributed by atoms with Crippen molar-refractivity contribution in [2.45, 2.75) is 0 Å². The molecule has 0 radical (unpaired) electrons. The molecule has 4 nitrogen and oxygen atoms in total. The zero-order chi connectivity index (χ0) is 17.1. The fourth-order valence-corrected chi connectivity index (χ4v) is 1.63. The summed E-state index contributed by atoms with van der Waals surface area (Å²) in [5.74, 6) is -10.4. The minimum absolute atomic E-state index is 0.0979. The Morgan fingerprint density at radius 2 is 1.57 bits per heavy atom. The van der Waals surface area contributed by atoms with Gasteiger partial charge in [-0.1, -0.05) is 0 Å². The van der Waals surface area contributed by atoms with Gasteiger partial charge in [-0.25, -0.2) is 22.0 Å². The Bertz CT molecular complexity index is 751.